The third kappa shape index (κ3) is 3.27. The minimum atomic E-state index is -0.618. The Hall–Kier alpha value is -3.81. The van der Waals surface area contributed by atoms with Crippen LogP contribution >= 0.6 is 0 Å². The molecule has 4 rings (SSSR count). The molecular formula is C20H17N5O3. The summed E-state index contributed by atoms with van der Waals surface area (Å²) in [5.41, 5.74) is 3.09. The van der Waals surface area contributed by atoms with Gasteiger partial charge in [-0.2, -0.15) is 5.10 Å². The average molecular weight is 375 g/mol. The van der Waals surface area contributed by atoms with Crippen molar-refractivity contribution in [1.82, 2.24) is 19.7 Å². The third-order valence-electron chi connectivity index (χ3n) is 4.35. The number of amides is 1. The first-order valence-electron chi connectivity index (χ1n) is 8.63. The van der Waals surface area contributed by atoms with Crippen molar-refractivity contribution in [3.8, 4) is 0 Å². The minimum Gasteiger partial charge on any atom is -0.452 e. The highest BCUT2D eigenvalue weighted by Crippen LogP contribution is 2.21. The first-order valence-corrected chi connectivity index (χ1v) is 8.63. The molecule has 1 N–H and O–H groups in total. The smallest absolute Gasteiger partial charge is 0.340 e. The van der Waals surface area contributed by atoms with E-state index in [9.17, 15) is 9.59 Å². The van der Waals surface area contributed by atoms with Crippen molar-refractivity contribution in [2.75, 3.05) is 11.9 Å². The molecule has 0 saturated carbocycles. The van der Waals surface area contributed by atoms with E-state index < -0.39 is 18.5 Å². The zero-order chi connectivity index (χ0) is 19.7. The zero-order valence-corrected chi connectivity index (χ0v) is 15.3. The summed E-state index contributed by atoms with van der Waals surface area (Å²) in [5, 5.41) is 8.60. The number of hydrogen-bond acceptors (Lipinski definition) is 6. The molecule has 0 saturated heterocycles. The summed E-state index contributed by atoms with van der Waals surface area (Å²) < 4.78 is 6.78. The van der Waals surface area contributed by atoms with E-state index in [1.165, 1.54) is 6.20 Å². The fourth-order valence-corrected chi connectivity index (χ4v) is 3.03. The van der Waals surface area contributed by atoms with Crippen molar-refractivity contribution < 1.29 is 14.3 Å². The predicted octanol–water partition coefficient (Wildman–Crippen LogP) is 2.62. The van der Waals surface area contributed by atoms with Gasteiger partial charge in [0, 0.05) is 30.2 Å². The summed E-state index contributed by atoms with van der Waals surface area (Å²) >= 11 is 0. The Labute approximate surface area is 160 Å². The molecule has 0 aliphatic rings. The molecule has 28 heavy (non-hydrogen) atoms. The number of carbonyl (C=O) groups excluding carboxylic acids is 2. The Morgan fingerprint density at radius 1 is 1.14 bits per heavy atom. The molecule has 0 radical (unpaired) electrons. The van der Waals surface area contributed by atoms with E-state index in [4.69, 9.17) is 4.74 Å². The minimum absolute atomic E-state index is 0.269. The van der Waals surface area contributed by atoms with Gasteiger partial charge in [0.1, 0.15) is 0 Å². The number of hydrogen-bond donors (Lipinski definition) is 1. The lowest BCUT2D eigenvalue weighted by atomic mass is 10.2. The Morgan fingerprint density at radius 3 is 2.86 bits per heavy atom. The molecule has 1 amide bonds. The van der Waals surface area contributed by atoms with E-state index in [1.807, 2.05) is 19.1 Å². The predicted molar refractivity (Wildman–Crippen MR) is 104 cm³/mol. The summed E-state index contributed by atoms with van der Waals surface area (Å²) in [4.78, 5) is 33.0. The average Bonchev–Trinajstić information content (AvgIpc) is 2.99. The van der Waals surface area contributed by atoms with Crippen LogP contribution in [0.25, 0.3) is 21.9 Å². The van der Waals surface area contributed by atoms with Gasteiger partial charge in [-0.25, -0.2) is 9.78 Å². The molecular weight excluding hydrogens is 358 g/mol. The van der Waals surface area contributed by atoms with Gasteiger partial charge in [0.05, 0.1) is 22.5 Å². The van der Waals surface area contributed by atoms with E-state index in [2.05, 4.69) is 20.4 Å². The number of anilines is 1. The second-order valence-corrected chi connectivity index (χ2v) is 6.30. The molecule has 3 aromatic heterocycles. The number of aromatic nitrogens is 4. The van der Waals surface area contributed by atoms with Gasteiger partial charge < -0.3 is 10.1 Å². The molecule has 140 valence electrons. The Kier molecular flexibility index (Phi) is 4.44. The van der Waals surface area contributed by atoms with Gasteiger partial charge in [0.15, 0.2) is 12.3 Å². The number of carbonyl (C=O) groups is 2. The van der Waals surface area contributed by atoms with Gasteiger partial charge in [-0.3, -0.25) is 14.5 Å². The number of aryl methyl sites for hydroxylation is 2. The highest BCUT2D eigenvalue weighted by atomic mass is 16.5. The van der Waals surface area contributed by atoms with Gasteiger partial charge in [0.2, 0.25) is 0 Å². The fourth-order valence-electron chi connectivity index (χ4n) is 3.03. The normalized spacial score (nSPS) is 10.9. The number of esters is 1. The monoisotopic (exact) mass is 375 g/mol. The molecule has 0 fully saturated rings. The highest BCUT2D eigenvalue weighted by Gasteiger charge is 2.15. The van der Waals surface area contributed by atoms with E-state index in [-0.39, 0.29) is 5.56 Å². The van der Waals surface area contributed by atoms with Crippen LogP contribution in [-0.2, 0) is 16.6 Å². The number of pyridine rings is 2. The molecule has 4 aromatic rings. The summed E-state index contributed by atoms with van der Waals surface area (Å²) in [6.45, 7) is 1.44. The topological polar surface area (TPSA) is 99.0 Å². The molecule has 0 aliphatic carbocycles. The SMILES string of the molecule is Cc1nn(C)c2ncc(C(=O)OCC(=O)Nc3cccc4ncccc34)cc12. The fraction of sp³-hybridized carbons (Fsp3) is 0.150. The number of fused-ring (bicyclic) bond motifs is 2. The lowest BCUT2D eigenvalue weighted by molar-refractivity contribution is -0.119. The quantitative estimate of drug-likeness (QED) is 0.551. The van der Waals surface area contributed by atoms with Crippen LogP contribution in [0.4, 0.5) is 5.69 Å². The second kappa shape index (κ2) is 7.07. The molecule has 0 spiro atoms. The number of benzene rings is 1. The van der Waals surface area contributed by atoms with Crippen LogP contribution in [0, 0.1) is 6.92 Å². The molecule has 8 nitrogen and oxygen atoms in total. The largest absolute Gasteiger partial charge is 0.452 e. The van der Waals surface area contributed by atoms with E-state index in [0.717, 1.165) is 22.0 Å². The van der Waals surface area contributed by atoms with E-state index >= 15 is 0 Å². The van der Waals surface area contributed by atoms with Crippen molar-refractivity contribution in [3.63, 3.8) is 0 Å². The van der Waals surface area contributed by atoms with Crippen LogP contribution in [0.3, 0.4) is 0 Å². The molecule has 3 heterocycles. The van der Waals surface area contributed by atoms with Gasteiger partial charge in [-0.05, 0) is 37.3 Å². The van der Waals surface area contributed by atoms with E-state index in [1.54, 1.807) is 42.2 Å². The molecule has 0 bridgehead atoms. The maximum Gasteiger partial charge on any atom is 0.340 e. The Morgan fingerprint density at radius 2 is 2.00 bits per heavy atom. The van der Waals surface area contributed by atoms with Gasteiger partial charge in [-0.15, -0.1) is 0 Å². The van der Waals surface area contributed by atoms with E-state index in [0.29, 0.717) is 11.3 Å². The van der Waals surface area contributed by atoms with Crippen LogP contribution in [0.5, 0.6) is 0 Å². The van der Waals surface area contributed by atoms with Crippen molar-refractivity contribution in [3.05, 3.63) is 60.0 Å². The number of rotatable bonds is 4. The van der Waals surface area contributed by atoms with Crippen LogP contribution in [0.15, 0.2) is 48.8 Å². The summed E-state index contributed by atoms with van der Waals surface area (Å²) in [7, 11) is 1.79. The van der Waals surface area contributed by atoms with Crippen LogP contribution < -0.4 is 5.32 Å². The summed E-state index contributed by atoms with van der Waals surface area (Å²) in [6.07, 6.45) is 3.10. The van der Waals surface area contributed by atoms with Crippen molar-refractivity contribution in [2.24, 2.45) is 7.05 Å². The maximum absolute atomic E-state index is 12.3. The molecule has 1 aromatic carbocycles. The Bertz CT molecular complexity index is 1210. The number of nitrogens with zero attached hydrogens (tertiary/aromatic N) is 4. The summed E-state index contributed by atoms with van der Waals surface area (Å²) in [5.74, 6) is -1.05. The maximum atomic E-state index is 12.3. The Balaban J connectivity index is 1.44. The number of nitrogens with one attached hydrogen (secondary N) is 1. The lowest BCUT2D eigenvalue weighted by Gasteiger charge is -2.09. The van der Waals surface area contributed by atoms with Crippen LogP contribution in [0.2, 0.25) is 0 Å². The zero-order valence-electron chi connectivity index (χ0n) is 15.3. The second-order valence-electron chi connectivity index (χ2n) is 6.30. The van der Waals surface area contributed by atoms with Gasteiger partial charge >= 0.3 is 5.97 Å². The highest BCUT2D eigenvalue weighted by molar-refractivity contribution is 6.02. The molecule has 0 aliphatic heterocycles. The third-order valence-corrected chi connectivity index (χ3v) is 4.35. The molecule has 8 heteroatoms. The van der Waals surface area contributed by atoms with Crippen molar-refractivity contribution >= 4 is 39.5 Å². The van der Waals surface area contributed by atoms with Gasteiger partial charge in [-0.1, -0.05) is 6.07 Å². The van der Waals surface area contributed by atoms with Crippen LogP contribution in [0.1, 0.15) is 16.1 Å². The van der Waals surface area contributed by atoms with Gasteiger partial charge in [0.25, 0.3) is 5.91 Å². The first-order chi connectivity index (χ1) is 13.5. The first kappa shape index (κ1) is 17.6. The lowest BCUT2D eigenvalue weighted by Crippen LogP contribution is -2.21. The van der Waals surface area contributed by atoms with Crippen molar-refractivity contribution in [1.29, 1.82) is 0 Å². The number of ether oxygens (including phenoxy) is 1. The molecule has 0 unspecified atom stereocenters. The van der Waals surface area contributed by atoms with Crippen LogP contribution in [-0.4, -0.2) is 38.2 Å². The molecule has 0 atom stereocenters. The summed E-state index contributed by atoms with van der Waals surface area (Å²) in [6, 6.07) is 10.7. The standard InChI is InChI=1S/C20H17N5O3/c1-12-15-9-13(10-22-19(15)25(2)24-12)20(27)28-11-18(26)23-17-7-3-6-16-14(17)5-4-8-21-16/h3-10H,11H2,1-2H3,(H,23,26). The van der Waals surface area contributed by atoms with Crippen molar-refractivity contribution in [2.45, 2.75) is 6.92 Å².